The molecule has 0 radical (unpaired) electrons. The number of ether oxygens (including phenoxy) is 3. The number of nitrogens with zero attached hydrogens (tertiary/aromatic N) is 1. The van der Waals surface area contributed by atoms with Crippen molar-refractivity contribution in [1.82, 2.24) is 0 Å². The van der Waals surface area contributed by atoms with Crippen molar-refractivity contribution >= 4 is 56.5 Å². The average Bonchev–Trinajstić information content (AvgIpc) is 3.17. The standard InChI is InChI=1S/C26H21BrINO4/c1-16-12-19(8-9-21(16)28)25-29-22(26(30)33-25)14-18-13-20(27)24(23(15-18)31-2)32-11-10-17-6-4-3-5-7-17/h3-9,12-15H,10-11H2,1-2H3/b22-14-. The number of carbonyl (C=O) groups excluding carboxylic acids is 1. The fraction of sp³-hybridized carbons (Fsp3) is 0.154. The molecule has 0 N–H and O–H groups in total. The Labute approximate surface area is 214 Å². The van der Waals surface area contributed by atoms with E-state index in [1.165, 1.54) is 5.56 Å². The molecule has 4 rings (SSSR count). The highest BCUT2D eigenvalue weighted by Crippen LogP contribution is 2.37. The summed E-state index contributed by atoms with van der Waals surface area (Å²) in [5, 5.41) is 0. The van der Waals surface area contributed by atoms with Gasteiger partial charge >= 0.3 is 5.97 Å². The van der Waals surface area contributed by atoms with Crippen molar-refractivity contribution in [3.05, 3.63) is 96.7 Å². The van der Waals surface area contributed by atoms with Gasteiger partial charge in [-0.2, -0.15) is 0 Å². The van der Waals surface area contributed by atoms with E-state index in [1.54, 1.807) is 13.2 Å². The monoisotopic (exact) mass is 617 g/mol. The van der Waals surface area contributed by atoms with Gasteiger partial charge in [0, 0.05) is 15.6 Å². The second-order valence-corrected chi connectivity index (χ2v) is 9.43. The van der Waals surface area contributed by atoms with Crippen LogP contribution < -0.4 is 9.47 Å². The van der Waals surface area contributed by atoms with Gasteiger partial charge in [0.1, 0.15) is 0 Å². The minimum Gasteiger partial charge on any atom is -0.493 e. The number of hydrogen-bond donors (Lipinski definition) is 0. The molecule has 3 aromatic rings. The molecule has 1 heterocycles. The average molecular weight is 618 g/mol. The zero-order chi connectivity index (χ0) is 23.4. The van der Waals surface area contributed by atoms with Crippen LogP contribution in [0.25, 0.3) is 6.08 Å². The summed E-state index contributed by atoms with van der Waals surface area (Å²) in [6.07, 6.45) is 2.46. The molecule has 0 unspecified atom stereocenters. The summed E-state index contributed by atoms with van der Waals surface area (Å²) in [5.74, 6) is 0.994. The highest BCUT2D eigenvalue weighted by molar-refractivity contribution is 14.1. The summed E-state index contributed by atoms with van der Waals surface area (Å²) in [4.78, 5) is 16.8. The van der Waals surface area contributed by atoms with Crippen molar-refractivity contribution in [2.75, 3.05) is 13.7 Å². The number of aryl methyl sites for hydroxylation is 1. The first-order valence-electron chi connectivity index (χ1n) is 10.3. The van der Waals surface area contributed by atoms with Gasteiger partial charge in [0.2, 0.25) is 5.90 Å². The Morgan fingerprint density at radius 2 is 1.91 bits per heavy atom. The lowest BCUT2D eigenvalue weighted by Gasteiger charge is -2.13. The zero-order valence-electron chi connectivity index (χ0n) is 18.1. The molecular weight excluding hydrogens is 597 g/mol. The molecule has 1 aliphatic rings. The summed E-state index contributed by atoms with van der Waals surface area (Å²) in [7, 11) is 1.59. The van der Waals surface area contributed by atoms with E-state index in [0.29, 0.717) is 24.0 Å². The number of benzene rings is 3. The van der Waals surface area contributed by atoms with E-state index in [2.05, 4.69) is 55.6 Å². The molecule has 0 fully saturated rings. The lowest BCUT2D eigenvalue weighted by molar-refractivity contribution is -0.129. The largest absolute Gasteiger partial charge is 0.493 e. The molecule has 5 nitrogen and oxygen atoms in total. The first-order chi connectivity index (χ1) is 15.9. The maximum absolute atomic E-state index is 12.4. The summed E-state index contributed by atoms with van der Waals surface area (Å²) in [5.41, 5.74) is 4.04. The van der Waals surface area contributed by atoms with Crippen LogP contribution >= 0.6 is 38.5 Å². The first kappa shape index (κ1) is 23.5. The molecule has 3 aromatic carbocycles. The molecule has 7 heteroatoms. The van der Waals surface area contributed by atoms with Gasteiger partial charge in [0.15, 0.2) is 17.2 Å². The second-order valence-electron chi connectivity index (χ2n) is 7.42. The highest BCUT2D eigenvalue weighted by Gasteiger charge is 2.25. The summed E-state index contributed by atoms with van der Waals surface area (Å²) >= 11 is 5.83. The van der Waals surface area contributed by atoms with E-state index in [0.717, 1.165) is 31.2 Å². The van der Waals surface area contributed by atoms with Crippen molar-refractivity contribution in [1.29, 1.82) is 0 Å². The number of esters is 1. The first-order valence-corrected chi connectivity index (χ1v) is 12.1. The molecule has 0 spiro atoms. The molecule has 0 aliphatic carbocycles. The number of halogens is 2. The lowest BCUT2D eigenvalue weighted by Crippen LogP contribution is -2.06. The van der Waals surface area contributed by atoms with E-state index in [9.17, 15) is 4.79 Å². The van der Waals surface area contributed by atoms with Crippen LogP contribution in [0, 0.1) is 10.5 Å². The SMILES string of the molecule is COc1cc(/C=C2\N=C(c3ccc(I)c(C)c3)OC2=O)cc(Br)c1OCCc1ccccc1. The lowest BCUT2D eigenvalue weighted by atomic mass is 10.1. The van der Waals surface area contributed by atoms with Crippen molar-refractivity contribution in [3.63, 3.8) is 0 Å². The van der Waals surface area contributed by atoms with E-state index in [-0.39, 0.29) is 5.70 Å². The van der Waals surface area contributed by atoms with Gasteiger partial charge in [-0.3, -0.25) is 0 Å². The van der Waals surface area contributed by atoms with E-state index < -0.39 is 5.97 Å². The maximum Gasteiger partial charge on any atom is 0.363 e. The molecule has 0 atom stereocenters. The fourth-order valence-corrected chi connectivity index (χ4v) is 4.26. The number of rotatable bonds is 7. The van der Waals surface area contributed by atoms with Crippen LogP contribution in [0.3, 0.4) is 0 Å². The topological polar surface area (TPSA) is 57.1 Å². The molecule has 0 bridgehead atoms. The summed E-state index contributed by atoms with van der Waals surface area (Å²) in [6, 6.07) is 19.6. The van der Waals surface area contributed by atoms with Gasteiger partial charge in [0.05, 0.1) is 18.2 Å². The number of carbonyl (C=O) groups is 1. The zero-order valence-corrected chi connectivity index (χ0v) is 21.8. The van der Waals surface area contributed by atoms with Gasteiger partial charge in [0.25, 0.3) is 0 Å². The van der Waals surface area contributed by atoms with E-state index in [1.807, 2.05) is 55.5 Å². The molecule has 0 amide bonds. The van der Waals surface area contributed by atoms with Crippen LogP contribution in [-0.2, 0) is 16.0 Å². The van der Waals surface area contributed by atoms with E-state index >= 15 is 0 Å². The minimum absolute atomic E-state index is 0.230. The van der Waals surface area contributed by atoms with Crippen molar-refractivity contribution in [3.8, 4) is 11.5 Å². The third-order valence-electron chi connectivity index (χ3n) is 5.06. The van der Waals surface area contributed by atoms with Crippen molar-refractivity contribution in [2.45, 2.75) is 13.3 Å². The minimum atomic E-state index is -0.487. The number of cyclic esters (lactones) is 1. The molecule has 168 valence electrons. The van der Waals surface area contributed by atoms with E-state index in [4.69, 9.17) is 14.2 Å². The molecular formula is C26H21BrINO4. The maximum atomic E-state index is 12.4. The Morgan fingerprint density at radius 1 is 1.12 bits per heavy atom. The van der Waals surface area contributed by atoms with Crippen LogP contribution in [0.1, 0.15) is 22.3 Å². The van der Waals surface area contributed by atoms with Gasteiger partial charge in [-0.15, -0.1) is 0 Å². The van der Waals surface area contributed by atoms with Crippen LogP contribution in [0.5, 0.6) is 11.5 Å². The Morgan fingerprint density at radius 3 is 2.64 bits per heavy atom. The Hall–Kier alpha value is -2.65. The van der Waals surface area contributed by atoms with Gasteiger partial charge < -0.3 is 14.2 Å². The predicted molar refractivity (Wildman–Crippen MR) is 141 cm³/mol. The van der Waals surface area contributed by atoms with Crippen LogP contribution in [-0.4, -0.2) is 25.6 Å². The predicted octanol–water partition coefficient (Wildman–Crippen LogP) is 6.34. The third kappa shape index (κ3) is 5.65. The molecule has 0 saturated carbocycles. The van der Waals surface area contributed by atoms with Gasteiger partial charge in [-0.1, -0.05) is 30.3 Å². The number of aliphatic imine (C=N–C) groups is 1. The smallest absolute Gasteiger partial charge is 0.363 e. The van der Waals surface area contributed by atoms with Crippen LogP contribution in [0.2, 0.25) is 0 Å². The quantitative estimate of drug-likeness (QED) is 0.176. The number of methoxy groups -OCH3 is 1. The third-order valence-corrected chi connectivity index (χ3v) is 6.86. The summed E-state index contributed by atoms with van der Waals surface area (Å²) < 4.78 is 18.8. The normalized spacial score (nSPS) is 14.2. The molecule has 0 aromatic heterocycles. The highest BCUT2D eigenvalue weighted by atomic mass is 127. The number of hydrogen-bond acceptors (Lipinski definition) is 5. The van der Waals surface area contributed by atoms with Crippen molar-refractivity contribution in [2.24, 2.45) is 4.99 Å². The Kier molecular flexibility index (Phi) is 7.49. The van der Waals surface area contributed by atoms with Crippen LogP contribution in [0.15, 0.2) is 75.8 Å². The fourth-order valence-electron chi connectivity index (χ4n) is 3.35. The molecule has 0 saturated heterocycles. The van der Waals surface area contributed by atoms with Gasteiger partial charge in [-0.25, -0.2) is 9.79 Å². The summed E-state index contributed by atoms with van der Waals surface area (Å²) in [6.45, 7) is 2.52. The molecule has 1 aliphatic heterocycles. The second kappa shape index (κ2) is 10.5. The van der Waals surface area contributed by atoms with Gasteiger partial charge in [-0.05, 0) is 98.5 Å². The molecule has 33 heavy (non-hydrogen) atoms. The Balaban J connectivity index is 1.55. The van der Waals surface area contributed by atoms with Crippen LogP contribution in [0.4, 0.5) is 0 Å². The Bertz CT molecular complexity index is 1250. The van der Waals surface area contributed by atoms with Crippen molar-refractivity contribution < 1.29 is 19.0 Å².